The number of carbonyl (C=O) groups excluding carboxylic acids is 1. The van der Waals surface area contributed by atoms with Crippen LogP contribution >= 0.6 is 0 Å². The first-order valence-corrected chi connectivity index (χ1v) is 9.50. The van der Waals surface area contributed by atoms with E-state index in [-0.39, 0.29) is 5.91 Å². The maximum Gasteiger partial charge on any atom is 0.253 e. The van der Waals surface area contributed by atoms with Crippen molar-refractivity contribution >= 4 is 16.9 Å². The van der Waals surface area contributed by atoms with Gasteiger partial charge in [-0.25, -0.2) is 4.98 Å². The highest BCUT2D eigenvalue weighted by Gasteiger charge is 2.16. The van der Waals surface area contributed by atoms with Gasteiger partial charge in [0.15, 0.2) is 0 Å². The van der Waals surface area contributed by atoms with Crippen LogP contribution in [-0.2, 0) is 13.1 Å². The fraction of sp³-hybridized carbons (Fsp3) is 0.273. The van der Waals surface area contributed by atoms with Crippen molar-refractivity contribution in [1.82, 2.24) is 19.4 Å². The molecule has 1 aromatic carbocycles. The van der Waals surface area contributed by atoms with Gasteiger partial charge in [0.1, 0.15) is 5.76 Å². The highest BCUT2D eigenvalue weighted by Crippen LogP contribution is 2.17. The molecule has 6 nitrogen and oxygen atoms in total. The van der Waals surface area contributed by atoms with Crippen LogP contribution in [0.2, 0.25) is 0 Å². The van der Waals surface area contributed by atoms with Crippen LogP contribution in [0.4, 0.5) is 0 Å². The third-order valence-corrected chi connectivity index (χ3v) is 5.10. The molecule has 0 spiro atoms. The van der Waals surface area contributed by atoms with Crippen molar-refractivity contribution < 1.29 is 9.21 Å². The monoisotopic (exact) mass is 376 g/mol. The van der Waals surface area contributed by atoms with Crippen molar-refractivity contribution in [3.05, 3.63) is 77.8 Å². The van der Waals surface area contributed by atoms with Crippen LogP contribution in [0.1, 0.15) is 33.9 Å². The number of nitrogens with zero attached hydrogens (tertiary/aromatic N) is 3. The largest absolute Gasteiger partial charge is 0.467 e. The third kappa shape index (κ3) is 3.58. The molecule has 0 radical (unpaired) electrons. The molecule has 3 aromatic heterocycles. The molecular weight excluding hydrogens is 352 g/mol. The summed E-state index contributed by atoms with van der Waals surface area (Å²) in [4.78, 5) is 17.0. The summed E-state index contributed by atoms with van der Waals surface area (Å²) in [5, 5.41) is 3.04. The van der Waals surface area contributed by atoms with Gasteiger partial charge in [-0.15, -0.1) is 0 Å². The molecule has 0 aliphatic heterocycles. The molecule has 0 fully saturated rings. The van der Waals surface area contributed by atoms with E-state index in [0.29, 0.717) is 13.1 Å². The fourth-order valence-corrected chi connectivity index (χ4v) is 3.57. The van der Waals surface area contributed by atoms with Crippen molar-refractivity contribution in [2.45, 2.75) is 33.4 Å². The highest BCUT2D eigenvalue weighted by atomic mass is 16.3. The lowest BCUT2D eigenvalue weighted by Gasteiger charge is -2.09. The summed E-state index contributed by atoms with van der Waals surface area (Å²) < 4.78 is 9.66. The number of carbonyl (C=O) groups is 1. The molecule has 0 bridgehead atoms. The lowest BCUT2D eigenvalue weighted by Crippen LogP contribution is -2.25. The summed E-state index contributed by atoms with van der Waals surface area (Å²) in [6.45, 7) is 6.05. The number of amides is 1. The Kier molecular flexibility index (Phi) is 5.02. The predicted molar refractivity (Wildman–Crippen MR) is 108 cm³/mol. The Labute approximate surface area is 163 Å². The summed E-state index contributed by atoms with van der Waals surface area (Å²) in [6.07, 6.45) is 4.37. The summed E-state index contributed by atoms with van der Waals surface area (Å²) >= 11 is 0. The standard InChI is InChI=1S/C22H24N4O2/c1-16-13-19(17(2)26(16)14-18-7-5-12-28-18)22(27)23-10-6-11-25-15-24-20-8-3-4-9-21(20)25/h3-5,7-9,12-13,15H,6,10-11,14H2,1-2H3,(H,23,27). The Morgan fingerprint density at radius 3 is 2.86 bits per heavy atom. The van der Waals surface area contributed by atoms with E-state index in [0.717, 1.165) is 46.7 Å². The second kappa shape index (κ2) is 7.76. The van der Waals surface area contributed by atoms with Crippen LogP contribution < -0.4 is 5.32 Å². The number of hydrogen-bond donors (Lipinski definition) is 1. The molecule has 144 valence electrons. The molecule has 0 unspecified atom stereocenters. The quantitative estimate of drug-likeness (QED) is 0.497. The molecule has 0 aliphatic rings. The van der Waals surface area contributed by atoms with Crippen LogP contribution in [0.15, 0.2) is 59.5 Å². The zero-order chi connectivity index (χ0) is 19.5. The number of aromatic nitrogens is 3. The maximum atomic E-state index is 12.6. The molecule has 1 N–H and O–H groups in total. The van der Waals surface area contributed by atoms with Gasteiger partial charge in [-0.3, -0.25) is 4.79 Å². The highest BCUT2D eigenvalue weighted by molar-refractivity contribution is 5.95. The van der Waals surface area contributed by atoms with E-state index in [4.69, 9.17) is 4.42 Å². The summed E-state index contributed by atoms with van der Waals surface area (Å²) in [5.74, 6) is 0.843. The normalized spacial score (nSPS) is 11.2. The van der Waals surface area contributed by atoms with E-state index < -0.39 is 0 Å². The Morgan fingerprint density at radius 1 is 1.18 bits per heavy atom. The Balaban J connectivity index is 1.35. The lowest BCUT2D eigenvalue weighted by molar-refractivity contribution is 0.0952. The van der Waals surface area contributed by atoms with Crippen LogP contribution in [0.5, 0.6) is 0 Å². The van der Waals surface area contributed by atoms with Gasteiger partial charge in [0, 0.05) is 24.5 Å². The molecular formula is C22H24N4O2. The van der Waals surface area contributed by atoms with Crippen molar-refractivity contribution in [2.24, 2.45) is 0 Å². The molecule has 28 heavy (non-hydrogen) atoms. The lowest BCUT2D eigenvalue weighted by atomic mass is 10.2. The Bertz CT molecular complexity index is 1090. The number of aryl methyl sites for hydroxylation is 2. The topological polar surface area (TPSA) is 65.0 Å². The number of hydrogen-bond acceptors (Lipinski definition) is 3. The van der Waals surface area contributed by atoms with Crippen LogP contribution in [0, 0.1) is 13.8 Å². The fourth-order valence-electron chi connectivity index (χ4n) is 3.57. The zero-order valence-corrected chi connectivity index (χ0v) is 16.2. The number of furan rings is 1. The van der Waals surface area contributed by atoms with E-state index in [2.05, 4.69) is 25.5 Å². The minimum Gasteiger partial charge on any atom is -0.467 e. The molecule has 0 atom stereocenters. The van der Waals surface area contributed by atoms with Gasteiger partial charge >= 0.3 is 0 Å². The Morgan fingerprint density at radius 2 is 2.04 bits per heavy atom. The number of rotatable bonds is 7. The maximum absolute atomic E-state index is 12.6. The van der Waals surface area contributed by atoms with Crippen molar-refractivity contribution in [3.63, 3.8) is 0 Å². The van der Waals surface area contributed by atoms with E-state index >= 15 is 0 Å². The second-order valence-corrected chi connectivity index (χ2v) is 6.99. The van der Waals surface area contributed by atoms with Gasteiger partial charge < -0.3 is 18.9 Å². The van der Waals surface area contributed by atoms with E-state index in [1.165, 1.54) is 0 Å². The average Bonchev–Trinajstić information content (AvgIpc) is 3.42. The molecule has 0 saturated heterocycles. The molecule has 1 amide bonds. The predicted octanol–water partition coefficient (Wildman–Crippen LogP) is 3.92. The minimum absolute atomic E-state index is 0.0331. The van der Waals surface area contributed by atoms with E-state index in [9.17, 15) is 4.79 Å². The second-order valence-electron chi connectivity index (χ2n) is 6.99. The van der Waals surface area contributed by atoms with Gasteiger partial charge in [-0.05, 0) is 50.6 Å². The number of imidazole rings is 1. The minimum atomic E-state index is -0.0331. The van der Waals surface area contributed by atoms with Crippen molar-refractivity contribution in [1.29, 1.82) is 0 Å². The average molecular weight is 376 g/mol. The number of fused-ring (bicyclic) bond motifs is 1. The summed E-state index contributed by atoms with van der Waals surface area (Å²) in [5.41, 5.74) is 4.83. The van der Waals surface area contributed by atoms with Gasteiger partial charge in [-0.2, -0.15) is 0 Å². The number of nitrogens with one attached hydrogen (secondary N) is 1. The first kappa shape index (κ1) is 18.1. The first-order valence-electron chi connectivity index (χ1n) is 9.50. The van der Waals surface area contributed by atoms with Crippen molar-refractivity contribution in [3.8, 4) is 0 Å². The molecule has 4 aromatic rings. The summed E-state index contributed by atoms with van der Waals surface area (Å²) in [6, 6.07) is 13.8. The molecule has 4 rings (SSSR count). The third-order valence-electron chi connectivity index (χ3n) is 5.10. The van der Waals surface area contributed by atoms with E-state index in [1.807, 2.05) is 56.6 Å². The molecule has 0 saturated carbocycles. The van der Waals surface area contributed by atoms with E-state index in [1.54, 1.807) is 6.26 Å². The first-order chi connectivity index (χ1) is 13.6. The van der Waals surface area contributed by atoms with Crippen molar-refractivity contribution in [2.75, 3.05) is 6.54 Å². The SMILES string of the molecule is Cc1cc(C(=O)NCCCn2cnc3ccccc32)c(C)n1Cc1ccco1. The smallest absolute Gasteiger partial charge is 0.253 e. The number of para-hydroxylation sites is 2. The summed E-state index contributed by atoms with van der Waals surface area (Å²) in [7, 11) is 0. The molecule has 0 aliphatic carbocycles. The van der Waals surface area contributed by atoms with Crippen LogP contribution in [-0.4, -0.2) is 26.6 Å². The van der Waals surface area contributed by atoms with Crippen LogP contribution in [0.3, 0.4) is 0 Å². The molecule has 3 heterocycles. The van der Waals surface area contributed by atoms with Gasteiger partial charge in [0.05, 0.1) is 35.7 Å². The molecule has 6 heteroatoms. The van der Waals surface area contributed by atoms with Gasteiger partial charge in [0.2, 0.25) is 0 Å². The van der Waals surface area contributed by atoms with Gasteiger partial charge in [0.25, 0.3) is 5.91 Å². The Hall–Kier alpha value is -3.28. The van der Waals surface area contributed by atoms with Gasteiger partial charge in [-0.1, -0.05) is 12.1 Å². The zero-order valence-electron chi connectivity index (χ0n) is 16.2. The van der Waals surface area contributed by atoms with Crippen LogP contribution in [0.25, 0.3) is 11.0 Å². The number of benzene rings is 1.